The van der Waals surface area contributed by atoms with Crippen molar-refractivity contribution in [1.29, 1.82) is 5.26 Å². The summed E-state index contributed by atoms with van der Waals surface area (Å²) in [5.74, 6) is 0.0202. The van der Waals surface area contributed by atoms with Crippen molar-refractivity contribution in [3.63, 3.8) is 0 Å². The van der Waals surface area contributed by atoms with Crippen LogP contribution < -0.4 is 0 Å². The highest BCUT2D eigenvalue weighted by Gasteiger charge is 1.96. The van der Waals surface area contributed by atoms with Gasteiger partial charge in [0.05, 0.1) is 12.0 Å². The second-order valence-electron chi connectivity index (χ2n) is 2.55. The maximum Gasteiger partial charge on any atom is 0.0808 e. The molecule has 0 fully saturated rings. The van der Waals surface area contributed by atoms with Gasteiger partial charge in [0.25, 0.3) is 0 Å². The van der Waals surface area contributed by atoms with Crippen LogP contribution in [0.2, 0.25) is 0 Å². The lowest BCUT2D eigenvalue weighted by Crippen LogP contribution is -1.96. The van der Waals surface area contributed by atoms with Gasteiger partial charge < -0.3 is 0 Å². The van der Waals surface area contributed by atoms with Gasteiger partial charge in [-0.25, -0.2) is 0 Å². The summed E-state index contributed by atoms with van der Waals surface area (Å²) in [4.78, 5) is 4.16. The Kier molecular flexibility index (Phi) is 6.71. The monoisotopic (exact) mass is 152 g/mol. The van der Waals surface area contributed by atoms with Gasteiger partial charge in [-0.3, -0.25) is 4.99 Å². The van der Waals surface area contributed by atoms with Gasteiger partial charge in [-0.2, -0.15) is 5.26 Å². The summed E-state index contributed by atoms with van der Waals surface area (Å²) in [6, 6.07) is 2.18. The van der Waals surface area contributed by atoms with Crippen molar-refractivity contribution in [3.05, 3.63) is 0 Å². The second kappa shape index (κ2) is 7.27. The standard InChI is InChI=1S/C9H16N2/c1-3-5-6-11-8-9(4-2)7-10/h8-9H,3-6H2,1-2H3. The van der Waals surface area contributed by atoms with Crippen LogP contribution in [0.3, 0.4) is 0 Å². The van der Waals surface area contributed by atoms with E-state index >= 15 is 0 Å². The number of unbranched alkanes of at least 4 members (excludes halogenated alkanes) is 1. The molecule has 62 valence electrons. The van der Waals surface area contributed by atoms with Crippen LogP contribution in [0, 0.1) is 17.2 Å². The van der Waals surface area contributed by atoms with Crippen LogP contribution in [0.25, 0.3) is 0 Å². The van der Waals surface area contributed by atoms with E-state index in [2.05, 4.69) is 18.0 Å². The minimum absolute atomic E-state index is 0.0202. The molecule has 0 bridgehead atoms. The molecule has 0 heterocycles. The van der Waals surface area contributed by atoms with Crippen LogP contribution in [0.15, 0.2) is 4.99 Å². The van der Waals surface area contributed by atoms with Crippen LogP contribution in [0.1, 0.15) is 33.1 Å². The summed E-state index contributed by atoms with van der Waals surface area (Å²) in [7, 11) is 0. The van der Waals surface area contributed by atoms with Crippen LogP contribution in [0.5, 0.6) is 0 Å². The molecule has 0 amide bonds. The lowest BCUT2D eigenvalue weighted by Gasteiger charge is -1.95. The number of aliphatic imine (C=N–C) groups is 1. The maximum atomic E-state index is 8.54. The Balaban J connectivity index is 3.47. The van der Waals surface area contributed by atoms with E-state index in [-0.39, 0.29) is 5.92 Å². The average molecular weight is 152 g/mol. The van der Waals surface area contributed by atoms with Crippen molar-refractivity contribution in [2.75, 3.05) is 6.54 Å². The minimum atomic E-state index is 0.0202. The van der Waals surface area contributed by atoms with Gasteiger partial charge in [0, 0.05) is 12.8 Å². The van der Waals surface area contributed by atoms with Gasteiger partial charge in [0.15, 0.2) is 0 Å². The van der Waals surface area contributed by atoms with Crippen LogP contribution in [-0.4, -0.2) is 12.8 Å². The van der Waals surface area contributed by atoms with Crippen LogP contribution >= 0.6 is 0 Å². The van der Waals surface area contributed by atoms with Gasteiger partial charge in [0.2, 0.25) is 0 Å². The molecule has 0 N–H and O–H groups in total. The molecule has 1 atom stereocenters. The third-order valence-corrected chi connectivity index (χ3v) is 1.53. The summed E-state index contributed by atoms with van der Waals surface area (Å²) >= 11 is 0. The fourth-order valence-electron chi connectivity index (χ4n) is 0.681. The molecule has 0 aromatic heterocycles. The molecule has 2 heteroatoms. The number of rotatable bonds is 5. The predicted molar refractivity (Wildman–Crippen MR) is 47.7 cm³/mol. The Morgan fingerprint density at radius 3 is 2.73 bits per heavy atom. The molecular formula is C9H16N2. The lowest BCUT2D eigenvalue weighted by atomic mass is 10.1. The van der Waals surface area contributed by atoms with E-state index in [1.807, 2.05) is 6.92 Å². The van der Waals surface area contributed by atoms with E-state index in [0.29, 0.717) is 0 Å². The van der Waals surface area contributed by atoms with Crippen molar-refractivity contribution < 1.29 is 0 Å². The zero-order valence-corrected chi connectivity index (χ0v) is 7.38. The smallest absolute Gasteiger partial charge is 0.0808 e. The van der Waals surface area contributed by atoms with Gasteiger partial charge in [-0.15, -0.1) is 0 Å². The Morgan fingerprint density at radius 1 is 1.55 bits per heavy atom. The first kappa shape index (κ1) is 10.2. The van der Waals surface area contributed by atoms with E-state index < -0.39 is 0 Å². The number of nitrogens with zero attached hydrogens (tertiary/aromatic N) is 2. The third-order valence-electron chi connectivity index (χ3n) is 1.53. The van der Waals surface area contributed by atoms with Crippen molar-refractivity contribution in [3.8, 4) is 6.07 Å². The molecule has 0 spiro atoms. The van der Waals surface area contributed by atoms with Gasteiger partial charge in [-0.05, 0) is 12.8 Å². The lowest BCUT2D eigenvalue weighted by molar-refractivity contribution is 0.792. The normalized spacial score (nSPS) is 13.2. The first-order valence-electron chi connectivity index (χ1n) is 4.24. The van der Waals surface area contributed by atoms with E-state index in [1.165, 1.54) is 6.42 Å². The minimum Gasteiger partial charge on any atom is -0.296 e. The summed E-state index contributed by atoms with van der Waals surface area (Å²) < 4.78 is 0. The maximum absolute atomic E-state index is 8.54. The molecule has 2 nitrogen and oxygen atoms in total. The predicted octanol–water partition coefficient (Wildman–Crippen LogP) is 2.41. The largest absolute Gasteiger partial charge is 0.296 e. The molecule has 0 aromatic rings. The highest BCUT2D eigenvalue weighted by Crippen LogP contribution is 1.96. The summed E-state index contributed by atoms with van der Waals surface area (Å²) in [5, 5.41) is 8.54. The van der Waals surface area contributed by atoms with Crippen molar-refractivity contribution >= 4 is 6.21 Å². The molecule has 1 unspecified atom stereocenters. The topological polar surface area (TPSA) is 36.1 Å². The molecule has 0 radical (unpaired) electrons. The SMILES string of the molecule is CCCCN=CC(C#N)CC. The summed E-state index contributed by atoms with van der Waals surface area (Å²) in [5.41, 5.74) is 0. The van der Waals surface area contributed by atoms with Crippen LogP contribution in [-0.2, 0) is 0 Å². The molecule has 0 saturated heterocycles. The van der Waals surface area contributed by atoms with E-state index in [1.54, 1.807) is 6.21 Å². The highest BCUT2D eigenvalue weighted by molar-refractivity contribution is 5.63. The molecular weight excluding hydrogens is 136 g/mol. The van der Waals surface area contributed by atoms with E-state index in [0.717, 1.165) is 19.4 Å². The van der Waals surface area contributed by atoms with Crippen LogP contribution in [0.4, 0.5) is 0 Å². The molecule has 0 rings (SSSR count). The molecule has 0 saturated carbocycles. The zero-order valence-electron chi connectivity index (χ0n) is 7.38. The first-order chi connectivity index (χ1) is 5.35. The molecule has 0 aliphatic carbocycles. The molecule has 11 heavy (non-hydrogen) atoms. The Labute approximate surface area is 68.9 Å². The highest BCUT2D eigenvalue weighted by atomic mass is 14.7. The average Bonchev–Trinajstić information content (AvgIpc) is 2.05. The van der Waals surface area contributed by atoms with E-state index in [9.17, 15) is 0 Å². The summed E-state index contributed by atoms with van der Waals surface area (Å²) in [6.45, 7) is 5.01. The van der Waals surface area contributed by atoms with Crippen molar-refractivity contribution in [2.45, 2.75) is 33.1 Å². The fourth-order valence-corrected chi connectivity index (χ4v) is 0.681. The summed E-state index contributed by atoms with van der Waals surface area (Å²) in [6.07, 6.45) is 4.93. The number of hydrogen-bond acceptors (Lipinski definition) is 2. The van der Waals surface area contributed by atoms with Crippen molar-refractivity contribution in [2.24, 2.45) is 10.9 Å². The Bertz CT molecular complexity index is 144. The fraction of sp³-hybridized carbons (Fsp3) is 0.778. The first-order valence-corrected chi connectivity index (χ1v) is 4.24. The van der Waals surface area contributed by atoms with Gasteiger partial charge in [0.1, 0.15) is 0 Å². The third kappa shape index (κ3) is 5.60. The van der Waals surface area contributed by atoms with Gasteiger partial charge >= 0.3 is 0 Å². The quantitative estimate of drug-likeness (QED) is 0.440. The second-order valence-corrected chi connectivity index (χ2v) is 2.55. The molecule has 0 aliphatic heterocycles. The Morgan fingerprint density at radius 2 is 2.27 bits per heavy atom. The zero-order chi connectivity index (χ0) is 8.53. The number of hydrogen-bond donors (Lipinski definition) is 0. The van der Waals surface area contributed by atoms with Gasteiger partial charge in [-0.1, -0.05) is 20.3 Å². The molecule has 0 aliphatic rings. The number of nitriles is 1. The molecule has 0 aromatic carbocycles. The Hall–Kier alpha value is -0.840. The van der Waals surface area contributed by atoms with Crippen molar-refractivity contribution in [1.82, 2.24) is 0 Å². The van der Waals surface area contributed by atoms with E-state index in [4.69, 9.17) is 5.26 Å².